The number of fused-ring (bicyclic) bond motifs is 2. The number of ether oxygens (including phenoxy) is 3. The van der Waals surface area contributed by atoms with Crippen molar-refractivity contribution in [1.82, 2.24) is 0 Å². The van der Waals surface area contributed by atoms with Gasteiger partial charge in [-0.25, -0.2) is 0 Å². The number of aliphatic hydroxyl groups excluding tert-OH is 3. The maximum absolute atomic E-state index is 10.9. The fourth-order valence-electron chi connectivity index (χ4n) is 5.11. The number of phenols is 2. The van der Waals surface area contributed by atoms with Crippen molar-refractivity contribution >= 4 is 5.97 Å². The fourth-order valence-corrected chi connectivity index (χ4v) is 5.11. The minimum absolute atomic E-state index is 0. The van der Waals surface area contributed by atoms with Gasteiger partial charge in [-0.3, -0.25) is 4.79 Å². The average Bonchev–Trinajstić information content (AvgIpc) is 3.04. The molecule has 0 spiro atoms. The largest absolute Gasteiger partial charge is 1.00 e. The molecule has 0 aromatic heterocycles. The van der Waals surface area contributed by atoms with Gasteiger partial charge < -0.3 is 50.8 Å². The van der Waals surface area contributed by atoms with Crippen LogP contribution in [0.5, 0.6) is 28.7 Å². The second-order valence-corrected chi connectivity index (χ2v) is 10.2. The predicted octanol–water partition coefficient (Wildman–Crippen LogP) is 2.48. The Morgan fingerprint density at radius 2 is 1.15 bits per heavy atom. The second kappa shape index (κ2) is 18.5. The van der Waals surface area contributed by atoms with Crippen LogP contribution in [0.4, 0.5) is 0 Å². The average molecular weight is 644 g/mol. The van der Waals surface area contributed by atoms with Crippen LogP contribution in [0.3, 0.4) is 0 Å². The van der Waals surface area contributed by atoms with Crippen molar-refractivity contribution in [3.05, 3.63) is 119 Å². The van der Waals surface area contributed by atoms with Crippen LogP contribution < -0.4 is 43.8 Å². The van der Waals surface area contributed by atoms with Gasteiger partial charge in [-0.15, -0.1) is 0 Å². The third-order valence-electron chi connectivity index (χ3n) is 7.29. The van der Waals surface area contributed by atoms with Crippen LogP contribution in [0.25, 0.3) is 5.90 Å². The van der Waals surface area contributed by atoms with Crippen molar-refractivity contribution in [1.29, 1.82) is 0 Å². The molecule has 11 nitrogen and oxygen atoms in total. The van der Waals surface area contributed by atoms with Crippen LogP contribution in [-0.2, 0) is 4.79 Å². The SMILES string of the molecule is CC(=O)Oc1ccc([C@@H]2COc3cc(C)ccc3[C@H]2O)cc1.CO.Oc1ccc([C@@H]2COc3cc(O)ccc3[C@H]2O)cc1.[NH-]O.[Na+]. The van der Waals surface area contributed by atoms with Crippen LogP contribution in [0.15, 0.2) is 84.9 Å². The molecule has 2 heterocycles. The topological polar surface area (TPSA) is 190 Å². The summed E-state index contributed by atoms with van der Waals surface area (Å²) in [5.41, 5.74) is 4.45. The summed E-state index contributed by atoms with van der Waals surface area (Å²) in [5, 5.41) is 53.0. The number of benzene rings is 4. The number of aliphatic hydroxyl groups is 3. The number of nitrogens with one attached hydrogen (secondary N) is 1. The number of aromatic hydroxyl groups is 2. The standard InChI is InChI=1S/C18H18O4.C15H14O4.CH4O.H2NO.Na/c1-11-3-8-15-17(9-11)21-10-16(18(15)20)13-4-6-14(7-5-13)22-12(2)19;16-10-3-1-9(2-4-10)13-8-19-14-7-11(17)5-6-12(14)15(13)18;2*1-2;/h3-9,16,18,20H,10H2,1-2H3;1-7,13,15-18H,8H2;2H,1H3;1-2H;/q;;;-1;+1/t16-,18+;13-,15+;;;/m00.../s1. The summed E-state index contributed by atoms with van der Waals surface area (Å²) < 4.78 is 16.4. The molecule has 4 aromatic rings. The molecular weight excluding hydrogens is 605 g/mol. The van der Waals surface area contributed by atoms with E-state index in [0.29, 0.717) is 30.3 Å². The molecule has 2 aliphatic rings. The number of hydrogen-bond donors (Lipinski definition) is 6. The monoisotopic (exact) mass is 643 g/mol. The number of hydrogen-bond acceptors (Lipinski definition) is 10. The summed E-state index contributed by atoms with van der Waals surface area (Å²) in [6, 6.07) is 24.4. The van der Waals surface area contributed by atoms with Gasteiger partial charge in [-0.1, -0.05) is 36.4 Å². The first-order chi connectivity index (χ1) is 21.7. The van der Waals surface area contributed by atoms with E-state index >= 15 is 0 Å². The predicted molar refractivity (Wildman–Crippen MR) is 166 cm³/mol. The van der Waals surface area contributed by atoms with E-state index in [1.807, 2.05) is 37.3 Å². The number of carbonyl (C=O) groups excluding carboxylic acids is 1. The first-order valence-corrected chi connectivity index (χ1v) is 14.0. The zero-order chi connectivity index (χ0) is 33.1. The smallest absolute Gasteiger partial charge is 0.553 e. The Morgan fingerprint density at radius 3 is 1.65 bits per heavy atom. The van der Waals surface area contributed by atoms with Crippen molar-refractivity contribution in [3.63, 3.8) is 0 Å². The Labute approximate surface area is 289 Å². The van der Waals surface area contributed by atoms with E-state index in [9.17, 15) is 25.2 Å². The molecule has 4 aromatic carbocycles. The normalized spacial score (nSPS) is 18.7. The van der Waals surface area contributed by atoms with Gasteiger partial charge in [0.2, 0.25) is 0 Å². The summed E-state index contributed by atoms with van der Waals surface area (Å²) in [7, 11) is 1.00. The molecular formula is C34H38NNaO10. The molecule has 4 atom stereocenters. The first kappa shape index (κ1) is 38.5. The maximum Gasteiger partial charge on any atom is 1.00 e. The second-order valence-electron chi connectivity index (χ2n) is 10.2. The minimum atomic E-state index is -0.686. The van der Waals surface area contributed by atoms with E-state index in [-0.39, 0.29) is 58.9 Å². The van der Waals surface area contributed by atoms with Gasteiger partial charge in [0.15, 0.2) is 0 Å². The molecule has 46 heavy (non-hydrogen) atoms. The number of carbonyl (C=O) groups is 1. The molecule has 0 aliphatic carbocycles. The minimum Gasteiger partial charge on any atom is -0.553 e. The number of rotatable bonds is 3. The van der Waals surface area contributed by atoms with Crippen LogP contribution >= 0.6 is 0 Å². The van der Waals surface area contributed by atoms with E-state index in [2.05, 4.69) is 0 Å². The molecule has 0 saturated carbocycles. The molecule has 240 valence electrons. The van der Waals surface area contributed by atoms with Gasteiger partial charge >= 0.3 is 35.5 Å². The molecule has 7 N–H and O–H groups in total. The number of phenolic OH excluding ortho intramolecular Hbond substituents is 2. The van der Waals surface area contributed by atoms with E-state index in [4.69, 9.17) is 30.4 Å². The molecule has 6 rings (SSSR count). The molecule has 2 aliphatic heterocycles. The third kappa shape index (κ3) is 9.68. The van der Waals surface area contributed by atoms with Gasteiger partial charge in [0.25, 0.3) is 0 Å². The summed E-state index contributed by atoms with van der Waals surface area (Å²) in [4.78, 5) is 10.9. The molecule has 0 fully saturated rings. The van der Waals surface area contributed by atoms with Gasteiger partial charge in [0, 0.05) is 43.1 Å². The molecule has 0 amide bonds. The Bertz CT molecular complexity index is 1530. The third-order valence-corrected chi connectivity index (χ3v) is 7.29. The van der Waals surface area contributed by atoms with Crippen LogP contribution in [0.1, 0.15) is 58.8 Å². The van der Waals surface area contributed by atoms with Crippen molar-refractivity contribution < 1.29 is 79.3 Å². The van der Waals surface area contributed by atoms with Crippen molar-refractivity contribution in [2.45, 2.75) is 37.9 Å². The van der Waals surface area contributed by atoms with Gasteiger partial charge in [-0.05, 0) is 66.1 Å². The van der Waals surface area contributed by atoms with E-state index in [1.165, 1.54) is 19.1 Å². The van der Waals surface area contributed by atoms with Crippen LogP contribution in [0.2, 0.25) is 0 Å². The Balaban J connectivity index is 0.000000286. The molecule has 0 radical (unpaired) electrons. The summed E-state index contributed by atoms with van der Waals surface area (Å²) in [6.45, 7) is 4.12. The van der Waals surface area contributed by atoms with E-state index in [1.54, 1.807) is 42.5 Å². The van der Waals surface area contributed by atoms with Crippen LogP contribution in [-0.4, -0.2) is 57.0 Å². The molecule has 0 unspecified atom stereocenters. The molecule has 0 saturated heterocycles. The van der Waals surface area contributed by atoms with E-state index in [0.717, 1.165) is 35.1 Å². The van der Waals surface area contributed by atoms with E-state index < -0.39 is 12.2 Å². The first-order valence-electron chi connectivity index (χ1n) is 14.0. The number of aryl methyl sites for hydroxylation is 1. The fraction of sp³-hybridized carbons (Fsp3) is 0.265. The Kier molecular flexibility index (Phi) is 15.5. The zero-order valence-electron chi connectivity index (χ0n) is 26.1. The quantitative estimate of drug-likeness (QED) is 0.0837. The zero-order valence-corrected chi connectivity index (χ0v) is 28.1. The molecule has 0 bridgehead atoms. The van der Waals surface area contributed by atoms with Crippen molar-refractivity contribution in [3.8, 4) is 28.7 Å². The maximum atomic E-state index is 10.9. The Hall–Kier alpha value is -3.65. The van der Waals surface area contributed by atoms with Crippen molar-refractivity contribution in [2.24, 2.45) is 0 Å². The van der Waals surface area contributed by atoms with Crippen molar-refractivity contribution in [2.75, 3.05) is 20.3 Å². The van der Waals surface area contributed by atoms with Crippen LogP contribution in [0, 0.1) is 6.92 Å². The summed E-state index contributed by atoms with van der Waals surface area (Å²) >= 11 is 0. The molecule has 12 heteroatoms. The van der Waals surface area contributed by atoms with Gasteiger partial charge in [0.1, 0.15) is 28.7 Å². The van der Waals surface area contributed by atoms with Gasteiger partial charge in [0.05, 0.1) is 25.4 Å². The summed E-state index contributed by atoms with van der Waals surface area (Å²) in [5.74, 6) is 6.16. The summed E-state index contributed by atoms with van der Waals surface area (Å²) in [6.07, 6.45) is -1.29. The Morgan fingerprint density at radius 1 is 0.717 bits per heavy atom. The van der Waals surface area contributed by atoms with Gasteiger partial charge in [-0.2, -0.15) is 0 Å². The number of esters is 1.